The molecule has 1 unspecified atom stereocenters. The minimum atomic E-state index is -2.61. The van der Waals surface area contributed by atoms with Crippen molar-refractivity contribution in [3.05, 3.63) is 96.6 Å². The van der Waals surface area contributed by atoms with E-state index in [4.69, 9.17) is 4.43 Å². The first kappa shape index (κ1) is 25.4. The molecule has 0 heterocycles. The molecule has 2 nitrogen and oxygen atoms in total. The van der Waals surface area contributed by atoms with Gasteiger partial charge >= 0.3 is 0 Å². The van der Waals surface area contributed by atoms with Crippen molar-refractivity contribution in [1.82, 2.24) is 5.32 Å². The standard InChI is InChI=1S/C29H38FNOSi/c1-23(24(2)28(30)31-21-25-15-9-6-10-16-25)22-32-33(29(3,4)5,26-17-11-7-12-18-26)27-19-13-8-14-20-27/h6-20,23-24,28,31H,21-22H2,1-5H3/t23-,24?,28+/m1/s1. The maximum Gasteiger partial charge on any atom is 0.261 e. The van der Waals surface area contributed by atoms with Crippen molar-refractivity contribution in [2.45, 2.75) is 52.5 Å². The minimum Gasteiger partial charge on any atom is -0.407 e. The summed E-state index contributed by atoms with van der Waals surface area (Å²) >= 11 is 0. The zero-order valence-corrected chi connectivity index (χ0v) is 21.6. The van der Waals surface area contributed by atoms with E-state index >= 15 is 4.39 Å². The Kier molecular flexibility index (Phi) is 8.63. The fourth-order valence-corrected chi connectivity index (χ4v) is 9.12. The molecule has 0 saturated carbocycles. The lowest BCUT2D eigenvalue weighted by atomic mass is 9.96. The van der Waals surface area contributed by atoms with Gasteiger partial charge in [-0.2, -0.15) is 0 Å². The van der Waals surface area contributed by atoms with Crippen molar-refractivity contribution < 1.29 is 8.82 Å². The summed E-state index contributed by atoms with van der Waals surface area (Å²) in [7, 11) is -2.61. The maximum atomic E-state index is 15.1. The lowest BCUT2D eigenvalue weighted by Gasteiger charge is -2.44. The molecule has 3 aromatic carbocycles. The Bertz CT molecular complexity index is 920. The predicted octanol–water partition coefficient (Wildman–Crippen LogP) is 5.92. The average Bonchev–Trinajstić information content (AvgIpc) is 2.83. The fourth-order valence-electron chi connectivity index (χ4n) is 4.46. The summed E-state index contributed by atoms with van der Waals surface area (Å²) in [5, 5.41) is 5.48. The molecule has 176 valence electrons. The van der Waals surface area contributed by atoms with E-state index in [1.807, 2.05) is 49.4 Å². The van der Waals surface area contributed by atoms with Gasteiger partial charge in [-0.05, 0) is 26.9 Å². The highest BCUT2D eigenvalue weighted by molar-refractivity contribution is 6.99. The van der Waals surface area contributed by atoms with Crippen molar-refractivity contribution in [3.8, 4) is 0 Å². The first-order chi connectivity index (χ1) is 15.8. The Morgan fingerprint density at radius 2 is 1.24 bits per heavy atom. The van der Waals surface area contributed by atoms with E-state index < -0.39 is 14.6 Å². The van der Waals surface area contributed by atoms with Crippen LogP contribution in [-0.4, -0.2) is 21.2 Å². The van der Waals surface area contributed by atoms with Gasteiger partial charge in [0.2, 0.25) is 0 Å². The molecule has 0 aliphatic rings. The number of hydrogen-bond acceptors (Lipinski definition) is 2. The van der Waals surface area contributed by atoms with Gasteiger partial charge in [0, 0.05) is 19.1 Å². The quantitative estimate of drug-likeness (QED) is 0.298. The summed E-state index contributed by atoms with van der Waals surface area (Å²) in [5.74, 6) is -0.114. The van der Waals surface area contributed by atoms with Crippen molar-refractivity contribution in [3.63, 3.8) is 0 Å². The molecule has 3 rings (SSSR count). The van der Waals surface area contributed by atoms with Crippen LogP contribution in [0.5, 0.6) is 0 Å². The molecule has 0 radical (unpaired) electrons. The highest BCUT2D eigenvalue weighted by atomic mass is 28.4. The van der Waals surface area contributed by atoms with Crippen LogP contribution in [0.2, 0.25) is 5.04 Å². The summed E-state index contributed by atoms with van der Waals surface area (Å²) in [5.41, 5.74) is 1.09. The first-order valence-corrected chi connectivity index (χ1v) is 13.8. The molecular weight excluding hydrogens is 425 g/mol. The van der Waals surface area contributed by atoms with Crippen LogP contribution in [0.15, 0.2) is 91.0 Å². The Hall–Kier alpha value is -2.27. The molecule has 3 atom stereocenters. The Morgan fingerprint density at radius 1 is 0.788 bits per heavy atom. The van der Waals surface area contributed by atoms with E-state index in [9.17, 15) is 0 Å². The zero-order chi connectivity index (χ0) is 23.9. The van der Waals surface area contributed by atoms with Crippen LogP contribution in [0.4, 0.5) is 4.39 Å². The number of benzene rings is 3. The molecule has 33 heavy (non-hydrogen) atoms. The second kappa shape index (κ2) is 11.2. The van der Waals surface area contributed by atoms with Crippen molar-refractivity contribution >= 4 is 18.7 Å². The topological polar surface area (TPSA) is 21.3 Å². The third-order valence-electron chi connectivity index (χ3n) is 6.68. The summed E-state index contributed by atoms with van der Waals surface area (Å²) in [6, 6.07) is 31.2. The number of rotatable bonds is 10. The third-order valence-corrected chi connectivity index (χ3v) is 11.7. The Balaban J connectivity index is 1.79. The van der Waals surface area contributed by atoms with Crippen LogP contribution in [-0.2, 0) is 11.0 Å². The molecule has 0 aromatic heterocycles. The second-order valence-electron chi connectivity index (χ2n) is 10.1. The van der Waals surface area contributed by atoms with Gasteiger partial charge in [-0.15, -0.1) is 0 Å². The summed E-state index contributed by atoms with van der Waals surface area (Å²) < 4.78 is 22.1. The van der Waals surface area contributed by atoms with Gasteiger partial charge in [-0.3, -0.25) is 5.32 Å². The van der Waals surface area contributed by atoms with Crippen LogP contribution in [0, 0.1) is 11.8 Å². The molecule has 0 aliphatic heterocycles. The van der Waals surface area contributed by atoms with Crippen LogP contribution in [0.3, 0.4) is 0 Å². The van der Waals surface area contributed by atoms with E-state index in [0.717, 1.165) is 5.56 Å². The van der Waals surface area contributed by atoms with E-state index in [-0.39, 0.29) is 16.9 Å². The highest BCUT2D eigenvalue weighted by Crippen LogP contribution is 2.37. The van der Waals surface area contributed by atoms with Crippen molar-refractivity contribution in [2.24, 2.45) is 11.8 Å². The van der Waals surface area contributed by atoms with Gasteiger partial charge in [0.15, 0.2) is 6.30 Å². The van der Waals surface area contributed by atoms with Gasteiger partial charge in [-0.25, -0.2) is 4.39 Å². The zero-order valence-electron chi connectivity index (χ0n) is 20.6. The van der Waals surface area contributed by atoms with Gasteiger partial charge in [0.1, 0.15) is 0 Å². The lowest BCUT2D eigenvalue weighted by molar-refractivity contribution is 0.112. The third kappa shape index (κ3) is 6.00. The number of nitrogens with one attached hydrogen (secondary N) is 1. The van der Waals surface area contributed by atoms with Gasteiger partial charge < -0.3 is 4.43 Å². The highest BCUT2D eigenvalue weighted by Gasteiger charge is 2.50. The van der Waals surface area contributed by atoms with Gasteiger partial charge in [0.05, 0.1) is 0 Å². The molecule has 1 N–H and O–H groups in total. The lowest BCUT2D eigenvalue weighted by Crippen LogP contribution is -2.67. The SMILES string of the molecule is CC([C@H](C)CO[Si](c1ccccc1)(c1ccccc1)C(C)(C)C)[C@@H](F)NCc1ccccc1. The summed E-state index contributed by atoms with van der Waals surface area (Å²) in [4.78, 5) is 0. The molecule has 4 heteroatoms. The molecule has 0 spiro atoms. The number of alkyl halides is 1. The largest absolute Gasteiger partial charge is 0.407 e. The molecule has 0 fully saturated rings. The van der Waals surface area contributed by atoms with Crippen LogP contribution in [0.25, 0.3) is 0 Å². The van der Waals surface area contributed by atoms with E-state index in [2.05, 4.69) is 81.5 Å². The molecule has 0 saturated heterocycles. The Morgan fingerprint density at radius 3 is 1.70 bits per heavy atom. The number of halogens is 1. The summed E-state index contributed by atoms with van der Waals surface area (Å²) in [6.45, 7) is 11.9. The Labute approximate surface area is 200 Å². The molecule has 3 aromatic rings. The van der Waals surface area contributed by atoms with Crippen LogP contribution < -0.4 is 15.7 Å². The minimum absolute atomic E-state index is 0.0601. The van der Waals surface area contributed by atoms with E-state index in [1.54, 1.807) is 0 Å². The second-order valence-corrected chi connectivity index (χ2v) is 14.4. The van der Waals surface area contributed by atoms with E-state index in [1.165, 1.54) is 10.4 Å². The first-order valence-electron chi connectivity index (χ1n) is 11.9. The van der Waals surface area contributed by atoms with Gasteiger partial charge in [0.25, 0.3) is 8.32 Å². The normalized spacial score (nSPS) is 15.1. The monoisotopic (exact) mass is 463 g/mol. The molecular formula is C29H38FNOSi. The smallest absolute Gasteiger partial charge is 0.261 e. The van der Waals surface area contributed by atoms with E-state index in [0.29, 0.717) is 13.2 Å². The number of hydrogen-bond donors (Lipinski definition) is 1. The van der Waals surface area contributed by atoms with Crippen LogP contribution >= 0.6 is 0 Å². The predicted molar refractivity (Wildman–Crippen MR) is 140 cm³/mol. The maximum absolute atomic E-state index is 15.1. The fraction of sp³-hybridized carbons (Fsp3) is 0.379. The van der Waals surface area contributed by atoms with Crippen molar-refractivity contribution in [2.75, 3.05) is 6.61 Å². The summed E-state index contributed by atoms with van der Waals surface area (Å²) in [6.07, 6.45) is -1.09. The molecule has 0 bridgehead atoms. The van der Waals surface area contributed by atoms with Crippen molar-refractivity contribution in [1.29, 1.82) is 0 Å². The van der Waals surface area contributed by atoms with Crippen LogP contribution in [0.1, 0.15) is 40.2 Å². The van der Waals surface area contributed by atoms with Gasteiger partial charge in [-0.1, -0.05) is 126 Å². The molecule has 0 aliphatic carbocycles. The average molecular weight is 464 g/mol. The molecule has 0 amide bonds.